The zero-order valence-electron chi connectivity index (χ0n) is 12.4. The fourth-order valence-corrected chi connectivity index (χ4v) is 2.55. The van der Waals surface area contributed by atoms with E-state index in [0.717, 1.165) is 27.9 Å². The van der Waals surface area contributed by atoms with E-state index in [2.05, 4.69) is 35.6 Å². The van der Waals surface area contributed by atoms with Crippen LogP contribution in [0.1, 0.15) is 6.92 Å². The number of carbonyl (C=O) groups excluding carboxylic acids is 1. The fourth-order valence-electron chi connectivity index (χ4n) is 2.55. The molecule has 0 atom stereocenters. The number of hydrogen-bond donors (Lipinski definition) is 1. The lowest BCUT2D eigenvalue weighted by Gasteiger charge is -2.13. The molecule has 2 nitrogen and oxygen atoms in total. The smallest absolute Gasteiger partial charge is 0.221 e. The molecule has 0 aliphatic rings. The maximum Gasteiger partial charge on any atom is 0.221 e. The zero-order chi connectivity index (χ0) is 15.4. The van der Waals surface area contributed by atoms with Crippen LogP contribution in [0.4, 0.5) is 5.69 Å². The van der Waals surface area contributed by atoms with Crippen LogP contribution >= 0.6 is 0 Å². The summed E-state index contributed by atoms with van der Waals surface area (Å²) in [6, 6.07) is 26.5. The third-order valence-electron chi connectivity index (χ3n) is 3.51. The summed E-state index contributed by atoms with van der Waals surface area (Å²) in [6.45, 7) is 1.52. The van der Waals surface area contributed by atoms with Crippen LogP contribution in [0.2, 0.25) is 0 Å². The van der Waals surface area contributed by atoms with Crippen molar-refractivity contribution in [2.24, 2.45) is 0 Å². The number of rotatable bonds is 3. The molecular formula is C20H17NO. The first-order chi connectivity index (χ1) is 10.7. The number of hydrogen-bond acceptors (Lipinski definition) is 1. The van der Waals surface area contributed by atoms with E-state index >= 15 is 0 Å². The van der Waals surface area contributed by atoms with Crippen LogP contribution in [0.25, 0.3) is 22.3 Å². The highest BCUT2D eigenvalue weighted by atomic mass is 16.1. The van der Waals surface area contributed by atoms with E-state index in [1.54, 1.807) is 0 Å². The maximum atomic E-state index is 11.3. The van der Waals surface area contributed by atoms with E-state index < -0.39 is 0 Å². The Balaban J connectivity index is 2.15. The molecule has 0 aliphatic heterocycles. The second-order valence-electron chi connectivity index (χ2n) is 5.17. The first-order valence-electron chi connectivity index (χ1n) is 7.26. The number of amides is 1. The largest absolute Gasteiger partial charge is 0.326 e. The Labute approximate surface area is 130 Å². The van der Waals surface area contributed by atoms with Crippen molar-refractivity contribution in [3.8, 4) is 22.3 Å². The quantitative estimate of drug-likeness (QED) is 0.723. The van der Waals surface area contributed by atoms with Crippen LogP contribution in [-0.2, 0) is 4.79 Å². The van der Waals surface area contributed by atoms with Gasteiger partial charge in [0.15, 0.2) is 0 Å². The summed E-state index contributed by atoms with van der Waals surface area (Å²) in [4.78, 5) is 11.3. The van der Waals surface area contributed by atoms with Crippen molar-refractivity contribution >= 4 is 11.6 Å². The number of carbonyl (C=O) groups is 1. The van der Waals surface area contributed by atoms with E-state index in [0.29, 0.717) is 0 Å². The second-order valence-corrected chi connectivity index (χ2v) is 5.17. The third kappa shape index (κ3) is 3.07. The van der Waals surface area contributed by atoms with E-state index in [4.69, 9.17) is 0 Å². The van der Waals surface area contributed by atoms with Gasteiger partial charge in [0.05, 0.1) is 0 Å². The molecule has 0 unspecified atom stereocenters. The van der Waals surface area contributed by atoms with Crippen LogP contribution in [0.3, 0.4) is 0 Å². The zero-order valence-corrected chi connectivity index (χ0v) is 12.4. The third-order valence-corrected chi connectivity index (χ3v) is 3.51. The Bertz CT molecular complexity index is 779. The van der Waals surface area contributed by atoms with Gasteiger partial charge in [-0.2, -0.15) is 0 Å². The van der Waals surface area contributed by atoms with Gasteiger partial charge in [-0.05, 0) is 34.4 Å². The summed E-state index contributed by atoms with van der Waals surface area (Å²) in [5, 5.41) is 2.85. The number of benzene rings is 3. The van der Waals surface area contributed by atoms with Crippen molar-refractivity contribution < 1.29 is 4.79 Å². The molecule has 0 fully saturated rings. The molecular weight excluding hydrogens is 270 g/mol. The lowest BCUT2D eigenvalue weighted by atomic mass is 9.94. The summed E-state index contributed by atoms with van der Waals surface area (Å²) >= 11 is 0. The highest BCUT2D eigenvalue weighted by molar-refractivity contribution is 5.92. The highest BCUT2D eigenvalue weighted by Gasteiger charge is 2.09. The Morgan fingerprint density at radius 2 is 1.27 bits per heavy atom. The fraction of sp³-hybridized carbons (Fsp3) is 0.0500. The minimum atomic E-state index is -0.0635. The van der Waals surface area contributed by atoms with Crippen molar-refractivity contribution in [3.05, 3.63) is 78.9 Å². The number of anilines is 1. The maximum absolute atomic E-state index is 11.3. The molecule has 0 saturated carbocycles. The molecule has 2 heteroatoms. The Morgan fingerprint density at radius 1 is 0.727 bits per heavy atom. The molecule has 0 heterocycles. The van der Waals surface area contributed by atoms with Gasteiger partial charge in [-0.25, -0.2) is 0 Å². The summed E-state index contributed by atoms with van der Waals surface area (Å²) in [7, 11) is 0. The molecule has 1 amide bonds. The van der Waals surface area contributed by atoms with Gasteiger partial charge in [0.2, 0.25) is 5.91 Å². The summed E-state index contributed by atoms with van der Waals surface area (Å²) in [5.74, 6) is -0.0635. The molecule has 3 aromatic carbocycles. The van der Waals surface area contributed by atoms with E-state index in [9.17, 15) is 4.79 Å². The predicted molar refractivity (Wildman–Crippen MR) is 91.6 cm³/mol. The molecule has 0 aliphatic carbocycles. The standard InChI is InChI=1S/C20H17NO/c1-15(22)21-18-12-13-19(16-8-4-2-5-9-16)20(14-18)17-10-6-3-7-11-17/h2-14H,1H3,(H,21,22). The van der Waals surface area contributed by atoms with Gasteiger partial charge in [0.25, 0.3) is 0 Å². The molecule has 0 radical (unpaired) electrons. The van der Waals surface area contributed by atoms with Gasteiger partial charge in [-0.15, -0.1) is 0 Å². The Kier molecular flexibility index (Phi) is 4.01. The van der Waals surface area contributed by atoms with Gasteiger partial charge in [0, 0.05) is 12.6 Å². The number of nitrogens with one attached hydrogen (secondary N) is 1. The first kappa shape index (κ1) is 14.1. The predicted octanol–water partition coefficient (Wildman–Crippen LogP) is 4.98. The Morgan fingerprint density at radius 3 is 1.82 bits per heavy atom. The molecule has 0 aromatic heterocycles. The molecule has 3 rings (SSSR count). The van der Waals surface area contributed by atoms with Crippen LogP contribution < -0.4 is 5.32 Å². The van der Waals surface area contributed by atoms with Crippen molar-refractivity contribution in [1.82, 2.24) is 0 Å². The SMILES string of the molecule is CC(=O)Nc1ccc(-c2ccccc2)c(-c2ccccc2)c1. The minimum absolute atomic E-state index is 0.0635. The van der Waals surface area contributed by atoms with Gasteiger partial charge in [0.1, 0.15) is 0 Å². The normalized spacial score (nSPS) is 10.2. The first-order valence-corrected chi connectivity index (χ1v) is 7.26. The van der Waals surface area contributed by atoms with Crippen molar-refractivity contribution in [2.45, 2.75) is 6.92 Å². The molecule has 0 bridgehead atoms. The van der Waals surface area contributed by atoms with E-state index in [-0.39, 0.29) is 5.91 Å². The summed E-state index contributed by atoms with van der Waals surface area (Å²) in [6.07, 6.45) is 0. The average molecular weight is 287 g/mol. The highest BCUT2D eigenvalue weighted by Crippen LogP contribution is 2.34. The molecule has 0 saturated heterocycles. The second kappa shape index (κ2) is 6.27. The van der Waals surface area contributed by atoms with E-state index in [1.807, 2.05) is 48.5 Å². The van der Waals surface area contributed by atoms with Crippen LogP contribution in [0.15, 0.2) is 78.9 Å². The van der Waals surface area contributed by atoms with Crippen LogP contribution in [0.5, 0.6) is 0 Å². The monoisotopic (exact) mass is 287 g/mol. The van der Waals surface area contributed by atoms with Gasteiger partial charge >= 0.3 is 0 Å². The molecule has 3 aromatic rings. The minimum Gasteiger partial charge on any atom is -0.326 e. The van der Waals surface area contributed by atoms with Crippen molar-refractivity contribution in [2.75, 3.05) is 5.32 Å². The van der Waals surface area contributed by atoms with Gasteiger partial charge in [-0.1, -0.05) is 66.7 Å². The molecule has 0 spiro atoms. The molecule has 22 heavy (non-hydrogen) atoms. The van der Waals surface area contributed by atoms with Crippen molar-refractivity contribution in [1.29, 1.82) is 0 Å². The molecule has 108 valence electrons. The van der Waals surface area contributed by atoms with Gasteiger partial charge in [-0.3, -0.25) is 4.79 Å². The average Bonchev–Trinajstić information content (AvgIpc) is 2.56. The lowest BCUT2D eigenvalue weighted by Crippen LogP contribution is -2.05. The summed E-state index contributed by atoms with van der Waals surface area (Å²) < 4.78 is 0. The topological polar surface area (TPSA) is 29.1 Å². The van der Waals surface area contributed by atoms with Crippen LogP contribution in [-0.4, -0.2) is 5.91 Å². The Hall–Kier alpha value is -2.87. The lowest BCUT2D eigenvalue weighted by molar-refractivity contribution is -0.114. The van der Waals surface area contributed by atoms with Crippen molar-refractivity contribution in [3.63, 3.8) is 0 Å². The van der Waals surface area contributed by atoms with Gasteiger partial charge < -0.3 is 5.32 Å². The summed E-state index contributed by atoms with van der Waals surface area (Å²) in [5.41, 5.74) is 5.37. The van der Waals surface area contributed by atoms with Crippen LogP contribution in [0, 0.1) is 0 Å². The van der Waals surface area contributed by atoms with E-state index in [1.165, 1.54) is 6.92 Å². The molecule has 1 N–H and O–H groups in total.